The van der Waals surface area contributed by atoms with Gasteiger partial charge in [-0.15, -0.1) is 0 Å². The molecule has 4 aliphatic heterocycles. The number of ether oxygens (including phenoxy) is 3. The van der Waals surface area contributed by atoms with Gasteiger partial charge in [-0.3, -0.25) is 29.0 Å². The Bertz CT molecular complexity index is 2090. The Kier molecular flexibility index (Phi) is 23.7. The minimum Gasteiger partial charge on any atom is -0.508 e. The smallest absolute Gasteiger partial charge is 0.325 e. The average Bonchev–Trinajstić information content (AvgIpc) is 3.38. The van der Waals surface area contributed by atoms with Gasteiger partial charge in [-0.25, -0.2) is 5.43 Å². The van der Waals surface area contributed by atoms with Gasteiger partial charge in [0.1, 0.15) is 35.7 Å². The van der Waals surface area contributed by atoms with Crippen LogP contribution < -0.4 is 16.1 Å². The van der Waals surface area contributed by atoms with E-state index in [0.29, 0.717) is 50.5 Å². The van der Waals surface area contributed by atoms with Crippen molar-refractivity contribution in [1.82, 2.24) is 26.0 Å². The van der Waals surface area contributed by atoms with Crippen molar-refractivity contribution in [1.29, 1.82) is 0 Å². The Morgan fingerprint density at radius 1 is 0.986 bits per heavy atom. The number of methoxy groups -OCH3 is 1. The van der Waals surface area contributed by atoms with Crippen LogP contribution in [0.3, 0.4) is 0 Å². The first-order chi connectivity index (χ1) is 35.3. The first kappa shape index (κ1) is 60.3. The molecule has 5 N–H and O–H groups in total. The van der Waals surface area contributed by atoms with Gasteiger partial charge in [-0.2, -0.15) is 0 Å². The van der Waals surface area contributed by atoms with Gasteiger partial charge in [0, 0.05) is 51.8 Å². The number of aliphatic hydroxyl groups is 1. The quantitative estimate of drug-likeness (QED) is 0.0604. The number of nitrogens with zero attached hydrogens (tertiary/aromatic N) is 2. The number of phenolic OH excluding ortho intramolecular Hbond substituents is 1. The summed E-state index contributed by atoms with van der Waals surface area (Å²) < 4.78 is 19.1. The molecule has 4 heterocycles. The summed E-state index contributed by atoms with van der Waals surface area (Å²) in [4.78, 5) is 72.0. The van der Waals surface area contributed by atoms with Crippen LogP contribution in [0.25, 0.3) is 0 Å². The fourth-order valence-electron chi connectivity index (χ4n) is 11.6. The maximum absolute atomic E-state index is 14.5. The third-order valence-corrected chi connectivity index (χ3v) is 16.6. The molecule has 4 amide bonds. The molecular weight excluding hydrogens is 939 g/mol. The number of esters is 1. The number of allylic oxidation sites excluding steroid dienone is 4. The van der Waals surface area contributed by atoms with Crippen molar-refractivity contribution in [2.75, 3.05) is 20.7 Å². The topological polar surface area (TPSA) is 196 Å². The lowest BCUT2D eigenvalue weighted by atomic mass is 9.74. The molecule has 13 atom stereocenters. The Hall–Kier alpha value is -4.57. The minimum atomic E-state index is -1.10. The van der Waals surface area contributed by atoms with E-state index in [9.17, 15) is 34.2 Å². The molecule has 2 bridgehead atoms. The van der Waals surface area contributed by atoms with E-state index in [1.807, 2.05) is 63.9 Å². The molecule has 4 aliphatic rings. The number of benzene rings is 1. The summed E-state index contributed by atoms with van der Waals surface area (Å²) in [5, 5.41) is 29.1. The highest BCUT2D eigenvalue weighted by molar-refractivity contribution is 5.93. The zero-order chi connectivity index (χ0) is 54.1. The van der Waals surface area contributed by atoms with Crippen LogP contribution in [0.4, 0.5) is 0 Å². The fraction of sp³-hybridized carbons (Fsp3) is 0.712. The molecule has 0 radical (unpaired) electrons. The van der Waals surface area contributed by atoms with Crippen LogP contribution in [0.1, 0.15) is 164 Å². The summed E-state index contributed by atoms with van der Waals surface area (Å²) in [5.41, 5.74) is 4.05. The number of hydrogen-bond acceptors (Lipinski definition) is 11. The molecule has 15 heteroatoms. The number of nitrogens with one attached hydrogen (secondary N) is 3. The molecule has 0 aromatic heterocycles. The van der Waals surface area contributed by atoms with Gasteiger partial charge < -0.3 is 40.0 Å². The van der Waals surface area contributed by atoms with E-state index in [0.717, 1.165) is 63.4 Å². The van der Waals surface area contributed by atoms with Crippen molar-refractivity contribution in [3.63, 3.8) is 0 Å². The summed E-state index contributed by atoms with van der Waals surface area (Å²) in [7, 11) is 3.50. The SMILES string of the molecule is CCCC1C(=O)NC(C(C)C)C(=O)NC(Cc2cccc(O)c2)C(=O)N2CCCC(N2)C(=O)OC(/C(C)=C/CCCCC(C)C(O)CC2OC3(CCC2C)C(C)CC(CC)C(=O)N3C)C/C=C\C=C/CCC1OC. The molecule has 414 valence electrons. The maximum atomic E-state index is 14.5. The number of cyclic esters (lactones) is 1. The van der Waals surface area contributed by atoms with Crippen LogP contribution in [0.15, 0.2) is 60.2 Å². The van der Waals surface area contributed by atoms with Crippen LogP contribution >= 0.6 is 0 Å². The largest absolute Gasteiger partial charge is 0.508 e. The molecule has 0 aliphatic carbocycles. The van der Waals surface area contributed by atoms with Gasteiger partial charge >= 0.3 is 5.97 Å². The number of hydrazine groups is 1. The van der Waals surface area contributed by atoms with Crippen molar-refractivity contribution >= 4 is 29.6 Å². The molecule has 13 unspecified atom stereocenters. The monoisotopic (exact) mass is 1030 g/mol. The minimum absolute atomic E-state index is 0.0204. The number of amides is 4. The van der Waals surface area contributed by atoms with Gasteiger partial charge in [0.15, 0.2) is 0 Å². The van der Waals surface area contributed by atoms with Gasteiger partial charge in [0.25, 0.3) is 5.91 Å². The summed E-state index contributed by atoms with van der Waals surface area (Å²) >= 11 is 0. The number of piperidine rings is 1. The molecule has 1 aromatic rings. The summed E-state index contributed by atoms with van der Waals surface area (Å²) in [6.07, 6.45) is 19.7. The lowest BCUT2D eigenvalue weighted by Crippen LogP contribution is -2.64. The van der Waals surface area contributed by atoms with E-state index in [4.69, 9.17) is 14.2 Å². The number of likely N-dealkylation sites (tertiary alicyclic amines) is 1. The number of fused-ring (bicyclic) bond motifs is 2. The van der Waals surface area contributed by atoms with Crippen molar-refractivity contribution < 1.29 is 48.4 Å². The Labute approximate surface area is 443 Å². The molecule has 1 spiro atoms. The Morgan fingerprint density at radius 3 is 2.45 bits per heavy atom. The molecule has 15 nitrogen and oxygen atoms in total. The highest BCUT2D eigenvalue weighted by Crippen LogP contribution is 2.47. The average molecular weight is 1030 g/mol. The molecule has 3 fully saturated rings. The maximum Gasteiger partial charge on any atom is 0.325 e. The molecular formula is C59H93N5O10. The third kappa shape index (κ3) is 16.2. The number of rotatable bonds is 16. The van der Waals surface area contributed by atoms with Crippen LogP contribution in [-0.4, -0.2) is 119 Å². The van der Waals surface area contributed by atoms with E-state index in [2.05, 4.69) is 49.8 Å². The molecule has 1 aromatic carbocycles. The normalized spacial score (nSPS) is 32.2. The van der Waals surface area contributed by atoms with E-state index < -0.39 is 65.9 Å². The molecule has 5 rings (SSSR count). The van der Waals surface area contributed by atoms with Crippen LogP contribution in [-0.2, 0) is 44.6 Å². The number of aliphatic hydroxyl groups excluding tert-OH is 1. The van der Waals surface area contributed by atoms with Gasteiger partial charge in [-0.05, 0) is 125 Å². The first-order valence-corrected chi connectivity index (χ1v) is 28.1. The Balaban J connectivity index is 1.28. The summed E-state index contributed by atoms with van der Waals surface area (Å²) in [5.74, 6) is -1.78. The van der Waals surface area contributed by atoms with Crippen molar-refractivity contribution in [3.8, 4) is 5.75 Å². The van der Waals surface area contributed by atoms with Crippen molar-refractivity contribution in [3.05, 3.63) is 65.8 Å². The number of carbonyl (C=O) groups excluding carboxylic acids is 5. The van der Waals surface area contributed by atoms with E-state index in [-0.39, 0.29) is 66.2 Å². The van der Waals surface area contributed by atoms with Crippen LogP contribution in [0.5, 0.6) is 5.75 Å². The standard InChI is InChI=1S/C59H93N5O10/c1-11-23-46-51(72-10)30-20-15-13-14-19-29-50(40(6)25-18-16-17-24-39(5)49(66)37-52-41(7)31-32-59(74-52)42(8)34-44(12-2)56(69)63(59)9)73-58(71)47-28-22-33-64(62-47)57(70)48(36-43-26-21-27-45(65)35-43)60-55(68)53(38(3)4)61-54(46)67/h13-15,19,21,25-27,35,38-39,41-42,44,46-53,62,65-66H,11-12,16-18,20,22-24,28-34,36-37H2,1-10H3,(H,60,68)(H,61,67)/b15-13-,19-14-,40-25+. The number of phenols is 1. The van der Waals surface area contributed by atoms with Crippen molar-refractivity contribution in [2.45, 2.75) is 213 Å². The highest BCUT2D eigenvalue weighted by atomic mass is 16.5. The Morgan fingerprint density at radius 2 is 1.74 bits per heavy atom. The van der Waals surface area contributed by atoms with Crippen LogP contribution in [0.2, 0.25) is 0 Å². The zero-order valence-electron chi connectivity index (χ0n) is 46.5. The lowest BCUT2D eigenvalue weighted by Gasteiger charge is -2.56. The molecule has 0 saturated carbocycles. The van der Waals surface area contributed by atoms with Gasteiger partial charge in [0.2, 0.25) is 17.7 Å². The second-order valence-corrected chi connectivity index (χ2v) is 22.4. The van der Waals surface area contributed by atoms with Crippen molar-refractivity contribution in [2.24, 2.45) is 35.5 Å². The second-order valence-electron chi connectivity index (χ2n) is 22.4. The fourth-order valence-corrected chi connectivity index (χ4v) is 11.6. The van der Waals surface area contributed by atoms with Gasteiger partial charge in [0.05, 0.1) is 24.2 Å². The second kappa shape index (κ2) is 29.1. The summed E-state index contributed by atoms with van der Waals surface area (Å²) in [6.45, 7) is 16.5. The number of carbonyl (C=O) groups is 5. The number of aromatic hydroxyl groups is 1. The first-order valence-electron chi connectivity index (χ1n) is 28.1. The number of unbranched alkanes of at least 4 members (excludes halogenated alkanes) is 2. The highest BCUT2D eigenvalue weighted by Gasteiger charge is 2.53. The van der Waals surface area contributed by atoms with E-state index in [1.54, 1.807) is 25.3 Å². The lowest BCUT2D eigenvalue weighted by molar-refractivity contribution is -0.260. The third-order valence-electron chi connectivity index (χ3n) is 16.6. The summed E-state index contributed by atoms with van der Waals surface area (Å²) in [6, 6.07) is 3.64. The van der Waals surface area contributed by atoms with Crippen LogP contribution in [0, 0.1) is 35.5 Å². The van der Waals surface area contributed by atoms with E-state index >= 15 is 0 Å². The zero-order valence-corrected chi connectivity index (χ0v) is 46.5. The predicted molar refractivity (Wildman–Crippen MR) is 288 cm³/mol. The van der Waals surface area contributed by atoms with E-state index in [1.165, 1.54) is 11.1 Å². The predicted octanol–water partition coefficient (Wildman–Crippen LogP) is 8.62. The number of hydrogen-bond donors (Lipinski definition) is 5. The molecule has 74 heavy (non-hydrogen) atoms. The molecule has 3 saturated heterocycles. The van der Waals surface area contributed by atoms with Gasteiger partial charge in [-0.1, -0.05) is 104 Å².